The van der Waals surface area contributed by atoms with Gasteiger partial charge in [0.05, 0.1) is 5.56 Å². The Kier molecular flexibility index (Phi) is 3.02. The van der Waals surface area contributed by atoms with E-state index in [-0.39, 0.29) is 5.56 Å². The van der Waals surface area contributed by atoms with E-state index < -0.39 is 5.82 Å². The van der Waals surface area contributed by atoms with Crippen LogP contribution in [0.3, 0.4) is 0 Å². The van der Waals surface area contributed by atoms with Gasteiger partial charge in [-0.3, -0.25) is 4.98 Å². The minimum Gasteiger partial charge on any atom is -0.355 e. The molecule has 20 heavy (non-hydrogen) atoms. The van der Waals surface area contributed by atoms with E-state index >= 15 is 0 Å². The molecular weight excluding hydrogens is 253 g/mol. The Balaban J connectivity index is 2.02. The Morgan fingerprint density at radius 2 is 2.05 bits per heavy atom. The lowest BCUT2D eigenvalue weighted by atomic mass is 10.1. The van der Waals surface area contributed by atoms with Gasteiger partial charge in [-0.1, -0.05) is 12.1 Å². The predicted octanol–water partition coefficient (Wildman–Crippen LogP) is 3.99. The Bertz CT molecular complexity index is 816. The van der Waals surface area contributed by atoms with E-state index in [1.165, 1.54) is 12.1 Å². The zero-order valence-corrected chi connectivity index (χ0v) is 10.5. The van der Waals surface area contributed by atoms with Crippen molar-refractivity contribution in [2.75, 3.05) is 5.32 Å². The third kappa shape index (κ3) is 2.17. The van der Waals surface area contributed by atoms with Crippen LogP contribution in [0.25, 0.3) is 10.8 Å². The predicted molar refractivity (Wildman–Crippen MR) is 76.1 cm³/mol. The average Bonchev–Trinajstić information content (AvgIpc) is 2.48. The van der Waals surface area contributed by atoms with Crippen LogP contribution in [0, 0.1) is 17.1 Å². The Morgan fingerprint density at radius 3 is 2.85 bits per heavy atom. The number of halogens is 1. The summed E-state index contributed by atoms with van der Waals surface area (Å²) in [4.78, 5) is 4.10. The molecule has 1 aromatic heterocycles. The fourth-order valence-electron chi connectivity index (χ4n) is 2.06. The maximum Gasteiger partial charge on any atom is 0.143 e. The third-order valence-corrected chi connectivity index (χ3v) is 3.05. The van der Waals surface area contributed by atoms with Crippen molar-refractivity contribution in [1.29, 1.82) is 5.26 Å². The van der Waals surface area contributed by atoms with E-state index in [4.69, 9.17) is 5.26 Å². The van der Waals surface area contributed by atoms with Crippen molar-refractivity contribution >= 4 is 22.1 Å². The first-order valence-electron chi connectivity index (χ1n) is 6.07. The SMILES string of the molecule is N#Cc1ccc(Nc2cccc3ccncc23)cc1F. The molecule has 0 fully saturated rings. The molecule has 0 spiro atoms. The van der Waals surface area contributed by atoms with Crippen molar-refractivity contribution < 1.29 is 4.39 Å². The van der Waals surface area contributed by atoms with Gasteiger partial charge in [0.15, 0.2) is 0 Å². The normalized spacial score (nSPS) is 10.2. The number of nitrogens with zero attached hydrogens (tertiary/aromatic N) is 2. The first-order valence-corrected chi connectivity index (χ1v) is 6.07. The van der Waals surface area contributed by atoms with Gasteiger partial charge >= 0.3 is 0 Å². The number of pyridine rings is 1. The van der Waals surface area contributed by atoms with Crippen molar-refractivity contribution in [2.24, 2.45) is 0 Å². The zero-order valence-electron chi connectivity index (χ0n) is 10.5. The highest BCUT2D eigenvalue weighted by atomic mass is 19.1. The molecule has 0 saturated carbocycles. The summed E-state index contributed by atoms with van der Waals surface area (Å²) < 4.78 is 13.6. The van der Waals surface area contributed by atoms with Gasteiger partial charge in [0.25, 0.3) is 0 Å². The van der Waals surface area contributed by atoms with E-state index in [0.29, 0.717) is 5.69 Å². The van der Waals surface area contributed by atoms with Crippen LogP contribution in [0.4, 0.5) is 15.8 Å². The van der Waals surface area contributed by atoms with Crippen LogP contribution < -0.4 is 5.32 Å². The maximum atomic E-state index is 13.6. The molecule has 3 rings (SSSR count). The lowest BCUT2D eigenvalue weighted by Gasteiger charge is -2.09. The first-order chi connectivity index (χ1) is 9.78. The summed E-state index contributed by atoms with van der Waals surface area (Å²) >= 11 is 0. The number of fused-ring (bicyclic) bond motifs is 1. The van der Waals surface area contributed by atoms with Gasteiger partial charge < -0.3 is 5.32 Å². The molecule has 0 aliphatic carbocycles. The summed E-state index contributed by atoms with van der Waals surface area (Å²) in [5, 5.41) is 13.9. The molecule has 0 unspecified atom stereocenters. The molecule has 0 bridgehead atoms. The van der Waals surface area contributed by atoms with E-state index in [1.54, 1.807) is 24.5 Å². The van der Waals surface area contributed by atoms with Crippen LogP contribution >= 0.6 is 0 Å². The Labute approximate surface area is 115 Å². The molecule has 4 heteroatoms. The summed E-state index contributed by atoms with van der Waals surface area (Å²) in [5.74, 6) is -0.532. The van der Waals surface area contributed by atoms with Crippen molar-refractivity contribution in [3.05, 3.63) is 66.2 Å². The van der Waals surface area contributed by atoms with Crippen molar-refractivity contribution in [2.45, 2.75) is 0 Å². The standard InChI is InChI=1S/C16H10FN3/c17-15-8-13(5-4-12(15)9-18)20-16-3-1-2-11-6-7-19-10-14(11)16/h1-8,10,20H. The van der Waals surface area contributed by atoms with E-state index in [2.05, 4.69) is 10.3 Å². The van der Waals surface area contributed by atoms with E-state index in [0.717, 1.165) is 16.5 Å². The zero-order chi connectivity index (χ0) is 13.9. The van der Waals surface area contributed by atoms with Gasteiger partial charge in [-0.15, -0.1) is 0 Å². The van der Waals surface area contributed by atoms with Crippen LogP contribution in [-0.2, 0) is 0 Å². The summed E-state index contributed by atoms with van der Waals surface area (Å²) in [6, 6.07) is 14.0. The molecule has 0 atom stereocenters. The largest absolute Gasteiger partial charge is 0.355 e. The number of anilines is 2. The van der Waals surface area contributed by atoms with Crippen molar-refractivity contribution in [1.82, 2.24) is 4.98 Å². The minimum absolute atomic E-state index is 0.0372. The van der Waals surface area contributed by atoms with E-state index in [1.807, 2.05) is 24.3 Å². The maximum absolute atomic E-state index is 13.6. The molecule has 3 nitrogen and oxygen atoms in total. The monoisotopic (exact) mass is 263 g/mol. The molecule has 3 aromatic rings. The fourth-order valence-corrected chi connectivity index (χ4v) is 2.06. The van der Waals surface area contributed by atoms with Gasteiger partial charge in [-0.05, 0) is 35.7 Å². The number of nitrogens with one attached hydrogen (secondary N) is 1. The molecular formula is C16H10FN3. The highest BCUT2D eigenvalue weighted by Crippen LogP contribution is 2.26. The minimum atomic E-state index is -0.532. The van der Waals surface area contributed by atoms with Gasteiger partial charge in [-0.2, -0.15) is 5.26 Å². The third-order valence-electron chi connectivity index (χ3n) is 3.05. The summed E-state index contributed by atoms with van der Waals surface area (Å²) in [6.07, 6.45) is 3.49. The molecule has 1 N–H and O–H groups in total. The number of nitriles is 1. The first kappa shape index (κ1) is 12.1. The number of aromatic nitrogens is 1. The molecule has 0 aliphatic rings. The number of benzene rings is 2. The van der Waals surface area contributed by atoms with Crippen LogP contribution in [0.2, 0.25) is 0 Å². The number of hydrogen-bond acceptors (Lipinski definition) is 3. The highest BCUT2D eigenvalue weighted by Gasteiger charge is 2.05. The second-order valence-corrected chi connectivity index (χ2v) is 4.33. The van der Waals surface area contributed by atoms with Crippen molar-refractivity contribution in [3.8, 4) is 6.07 Å². The van der Waals surface area contributed by atoms with Crippen molar-refractivity contribution in [3.63, 3.8) is 0 Å². The molecule has 0 radical (unpaired) electrons. The molecule has 0 amide bonds. The average molecular weight is 263 g/mol. The fraction of sp³-hybridized carbons (Fsp3) is 0. The van der Waals surface area contributed by atoms with Gasteiger partial charge in [0.2, 0.25) is 0 Å². The second-order valence-electron chi connectivity index (χ2n) is 4.33. The summed E-state index contributed by atoms with van der Waals surface area (Å²) in [6.45, 7) is 0. The van der Waals surface area contributed by atoms with Crippen LogP contribution in [0.1, 0.15) is 5.56 Å². The van der Waals surface area contributed by atoms with Gasteiger partial charge in [0, 0.05) is 29.2 Å². The van der Waals surface area contributed by atoms with Gasteiger partial charge in [0.1, 0.15) is 11.9 Å². The highest BCUT2D eigenvalue weighted by molar-refractivity contribution is 5.94. The summed E-state index contributed by atoms with van der Waals surface area (Å²) in [7, 11) is 0. The second kappa shape index (κ2) is 4.98. The lowest BCUT2D eigenvalue weighted by molar-refractivity contribution is 0.624. The molecule has 1 heterocycles. The Morgan fingerprint density at radius 1 is 1.15 bits per heavy atom. The topological polar surface area (TPSA) is 48.7 Å². The number of rotatable bonds is 2. The molecule has 0 aliphatic heterocycles. The van der Waals surface area contributed by atoms with E-state index in [9.17, 15) is 4.39 Å². The van der Waals surface area contributed by atoms with Crippen LogP contribution in [0.15, 0.2) is 54.9 Å². The molecule has 96 valence electrons. The smallest absolute Gasteiger partial charge is 0.143 e. The quantitative estimate of drug-likeness (QED) is 0.760. The van der Waals surface area contributed by atoms with Gasteiger partial charge in [-0.25, -0.2) is 4.39 Å². The summed E-state index contributed by atoms with van der Waals surface area (Å²) in [5.41, 5.74) is 1.48. The lowest BCUT2D eigenvalue weighted by Crippen LogP contribution is -1.94. The molecule has 0 saturated heterocycles. The number of hydrogen-bond donors (Lipinski definition) is 1. The van der Waals surface area contributed by atoms with Crippen LogP contribution in [-0.4, -0.2) is 4.98 Å². The Hall–Kier alpha value is -2.93. The van der Waals surface area contributed by atoms with Crippen LogP contribution in [0.5, 0.6) is 0 Å². The molecule has 2 aromatic carbocycles.